The highest BCUT2D eigenvalue weighted by molar-refractivity contribution is 14.0. The Kier molecular flexibility index (Phi) is 9.76. The molecule has 2 aromatic rings. The summed E-state index contributed by atoms with van der Waals surface area (Å²) >= 11 is 0. The molecule has 0 saturated carbocycles. The molecule has 7 heteroatoms. The molecule has 1 aromatic heterocycles. The van der Waals surface area contributed by atoms with Crippen LogP contribution in [0.3, 0.4) is 0 Å². The SMILES string of the molecule is CN=C(NCCc1ccc(F)cc1C)NCC(C)Cn1nc(C)cc1C.I. The second kappa shape index (κ2) is 11.3. The van der Waals surface area contributed by atoms with Crippen LogP contribution >= 0.6 is 24.0 Å². The van der Waals surface area contributed by atoms with Crippen LogP contribution in [0, 0.1) is 32.5 Å². The highest BCUT2D eigenvalue weighted by Gasteiger charge is 2.08. The summed E-state index contributed by atoms with van der Waals surface area (Å²) in [6, 6.07) is 7.02. The average molecular weight is 487 g/mol. The molecule has 5 nitrogen and oxygen atoms in total. The zero-order valence-corrected chi connectivity index (χ0v) is 19.2. The van der Waals surface area contributed by atoms with Crippen molar-refractivity contribution in [2.45, 2.75) is 40.7 Å². The van der Waals surface area contributed by atoms with Gasteiger partial charge in [-0.1, -0.05) is 13.0 Å². The molecule has 1 heterocycles. The molecule has 1 atom stereocenters. The van der Waals surface area contributed by atoms with E-state index in [1.807, 2.05) is 19.9 Å². The molecule has 0 aliphatic heterocycles. The first kappa shape index (κ1) is 23.4. The lowest BCUT2D eigenvalue weighted by Crippen LogP contribution is -2.40. The number of nitrogens with one attached hydrogen (secondary N) is 2. The number of benzene rings is 1. The summed E-state index contributed by atoms with van der Waals surface area (Å²) in [4.78, 5) is 4.27. The topological polar surface area (TPSA) is 54.2 Å². The molecule has 2 N–H and O–H groups in total. The van der Waals surface area contributed by atoms with E-state index in [2.05, 4.69) is 45.3 Å². The van der Waals surface area contributed by atoms with Crippen molar-refractivity contribution in [3.05, 3.63) is 52.6 Å². The van der Waals surface area contributed by atoms with Crippen LogP contribution in [0.25, 0.3) is 0 Å². The quantitative estimate of drug-likeness (QED) is 0.357. The van der Waals surface area contributed by atoms with Crippen LogP contribution in [-0.4, -0.2) is 35.9 Å². The third kappa shape index (κ3) is 7.48. The lowest BCUT2D eigenvalue weighted by atomic mass is 10.1. The number of halogens is 2. The van der Waals surface area contributed by atoms with E-state index in [1.165, 1.54) is 11.8 Å². The minimum Gasteiger partial charge on any atom is -0.356 e. The monoisotopic (exact) mass is 487 g/mol. The van der Waals surface area contributed by atoms with Gasteiger partial charge in [-0.3, -0.25) is 9.67 Å². The van der Waals surface area contributed by atoms with E-state index >= 15 is 0 Å². The minimum absolute atomic E-state index is 0. The van der Waals surface area contributed by atoms with Crippen molar-refractivity contribution in [2.75, 3.05) is 20.1 Å². The average Bonchev–Trinajstić information content (AvgIpc) is 2.89. The molecule has 0 radical (unpaired) electrons. The number of guanidine groups is 1. The van der Waals surface area contributed by atoms with Crippen molar-refractivity contribution in [2.24, 2.45) is 10.9 Å². The minimum atomic E-state index is -0.187. The zero-order valence-electron chi connectivity index (χ0n) is 16.8. The Hall–Kier alpha value is -1.64. The van der Waals surface area contributed by atoms with Crippen molar-refractivity contribution in [3.8, 4) is 0 Å². The molecule has 0 spiro atoms. The lowest BCUT2D eigenvalue weighted by molar-refractivity contribution is 0.436. The molecule has 0 bridgehead atoms. The van der Waals surface area contributed by atoms with E-state index in [0.717, 1.165) is 48.8 Å². The Morgan fingerprint density at radius 2 is 1.96 bits per heavy atom. The van der Waals surface area contributed by atoms with Gasteiger partial charge in [-0.2, -0.15) is 5.10 Å². The Morgan fingerprint density at radius 1 is 1.22 bits per heavy atom. The molecule has 0 aliphatic rings. The van der Waals surface area contributed by atoms with E-state index in [1.54, 1.807) is 13.1 Å². The molecule has 27 heavy (non-hydrogen) atoms. The van der Waals surface area contributed by atoms with Gasteiger partial charge in [0, 0.05) is 32.4 Å². The van der Waals surface area contributed by atoms with Crippen LogP contribution in [0.2, 0.25) is 0 Å². The van der Waals surface area contributed by atoms with Crippen LogP contribution in [-0.2, 0) is 13.0 Å². The van der Waals surface area contributed by atoms with E-state index in [9.17, 15) is 4.39 Å². The first-order valence-electron chi connectivity index (χ1n) is 9.09. The molecular weight excluding hydrogens is 456 g/mol. The summed E-state index contributed by atoms with van der Waals surface area (Å²) in [5, 5.41) is 11.2. The van der Waals surface area contributed by atoms with Crippen molar-refractivity contribution in [1.82, 2.24) is 20.4 Å². The maximum absolute atomic E-state index is 13.2. The van der Waals surface area contributed by atoms with Gasteiger partial charge in [0.1, 0.15) is 5.82 Å². The standard InChI is InChI=1S/C20H30FN5.HI/c1-14(13-26-17(4)11-16(3)25-26)12-24-20(22-5)23-9-8-18-6-7-19(21)10-15(18)2;/h6-7,10-11,14H,8-9,12-13H2,1-5H3,(H2,22,23,24);1H. The van der Waals surface area contributed by atoms with Gasteiger partial charge in [0.15, 0.2) is 5.96 Å². The lowest BCUT2D eigenvalue weighted by Gasteiger charge is -2.17. The van der Waals surface area contributed by atoms with Crippen molar-refractivity contribution in [1.29, 1.82) is 0 Å². The second-order valence-corrected chi connectivity index (χ2v) is 6.92. The molecule has 0 fully saturated rings. The van der Waals surface area contributed by atoms with Gasteiger partial charge in [-0.05, 0) is 62.4 Å². The zero-order chi connectivity index (χ0) is 19.1. The first-order chi connectivity index (χ1) is 12.4. The molecule has 0 saturated heterocycles. The van der Waals surface area contributed by atoms with Gasteiger partial charge in [0.25, 0.3) is 0 Å². The molecule has 1 aromatic carbocycles. The number of rotatable bonds is 7. The maximum Gasteiger partial charge on any atom is 0.190 e. The van der Waals surface area contributed by atoms with Crippen molar-refractivity contribution >= 4 is 29.9 Å². The van der Waals surface area contributed by atoms with Crippen LogP contribution in [0.4, 0.5) is 4.39 Å². The fourth-order valence-corrected chi connectivity index (χ4v) is 2.97. The van der Waals surface area contributed by atoms with Gasteiger partial charge in [-0.25, -0.2) is 4.39 Å². The molecule has 1 unspecified atom stereocenters. The second-order valence-electron chi connectivity index (χ2n) is 6.92. The highest BCUT2D eigenvalue weighted by atomic mass is 127. The highest BCUT2D eigenvalue weighted by Crippen LogP contribution is 2.10. The number of hydrogen-bond acceptors (Lipinski definition) is 2. The first-order valence-corrected chi connectivity index (χ1v) is 9.09. The van der Waals surface area contributed by atoms with E-state index < -0.39 is 0 Å². The predicted molar refractivity (Wildman–Crippen MR) is 120 cm³/mol. The summed E-state index contributed by atoms with van der Waals surface area (Å²) in [7, 11) is 1.77. The summed E-state index contributed by atoms with van der Waals surface area (Å²) in [6.45, 7) is 10.7. The van der Waals surface area contributed by atoms with Crippen molar-refractivity contribution < 1.29 is 4.39 Å². The van der Waals surface area contributed by atoms with Gasteiger partial charge < -0.3 is 10.6 Å². The molecule has 150 valence electrons. The predicted octanol–water partition coefficient (Wildman–Crippen LogP) is 3.61. The fraction of sp³-hybridized carbons (Fsp3) is 0.500. The summed E-state index contributed by atoms with van der Waals surface area (Å²) in [5.74, 6) is 1.02. The van der Waals surface area contributed by atoms with Gasteiger partial charge in [0.2, 0.25) is 0 Å². The number of hydrogen-bond donors (Lipinski definition) is 2. The van der Waals surface area contributed by atoms with Crippen LogP contribution in [0.5, 0.6) is 0 Å². The third-order valence-electron chi connectivity index (χ3n) is 4.42. The van der Waals surface area contributed by atoms with Gasteiger partial charge in [-0.15, -0.1) is 24.0 Å². The maximum atomic E-state index is 13.2. The molecule has 0 amide bonds. The Labute approximate surface area is 178 Å². The third-order valence-corrected chi connectivity index (χ3v) is 4.42. The summed E-state index contributed by atoms with van der Waals surface area (Å²) in [6.07, 6.45) is 0.828. The summed E-state index contributed by atoms with van der Waals surface area (Å²) in [5.41, 5.74) is 4.36. The van der Waals surface area contributed by atoms with E-state index in [-0.39, 0.29) is 29.8 Å². The van der Waals surface area contributed by atoms with E-state index in [4.69, 9.17) is 0 Å². The Morgan fingerprint density at radius 3 is 2.56 bits per heavy atom. The molecule has 0 aliphatic carbocycles. The Bertz CT molecular complexity index is 757. The fourth-order valence-electron chi connectivity index (χ4n) is 2.97. The number of aliphatic imine (C=N–C) groups is 1. The smallest absolute Gasteiger partial charge is 0.190 e. The Balaban J connectivity index is 0.00000364. The number of aryl methyl sites for hydroxylation is 3. The molecule has 2 rings (SSSR count). The normalized spacial score (nSPS) is 12.4. The van der Waals surface area contributed by atoms with E-state index in [0.29, 0.717) is 5.92 Å². The largest absolute Gasteiger partial charge is 0.356 e. The number of nitrogens with zero attached hydrogens (tertiary/aromatic N) is 3. The van der Waals surface area contributed by atoms with Crippen LogP contribution < -0.4 is 10.6 Å². The van der Waals surface area contributed by atoms with Crippen molar-refractivity contribution in [3.63, 3.8) is 0 Å². The van der Waals surface area contributed by atoms with Gasteiger partial charge >= 0.3 is 0 Å². The number of aromatic nitrogens is 2. The summed E-state index contributed by atoms with van der Waals surface area (Å²) < 4.78 is 15.2. The van der Waals surface area contributed by atoms with Crippen LogP contribution in [0.1, 0.15) is 29.4 Å². The molecular formula is C20H31FIN5. The van der Waals surface area contributed by atoms with Crippen LogP contribution in [0.15, 0.2) is 29.3 Å². The van der Waals surface area contributed by atoms with Gasteiger partial charge in [0.05, 0.1) is 5.69 Å².